The molecule has 0 saturated heterocycles. The zero-order valence-corrected chi connectivity index (χ0v) is 7.32. The van der Waals surface area contributed by atoms with Gasteiger partial charge in [-0.3, -0.25) is 4.79 Å². The molecule has 0 aliphatic carbocycles. The summed E-state index contributed by atoms with van der Waals surface area (Å²) in [4.78, 5) is 18.1. The van der Waals surface area contributed by atoms with Crippen molar-refractivity contribution in [1.82, 2.24) is 0 Å². The van der Waals surface area contributed by atoms with E-state index in [1.54, 1.807) is 0 Å². The maximum Gasteiger partial charge on any atom is 0.296 e. The first kappa shape index (κ1) is 9.69. The van der Waals surface area contributed by atoms with Crippen molar-refractivity contribution in [3.05, 3.63) is 11.2 Å². The largest absolute Gasteiger partial charge is 0.370 e. The third kappa shape index (κ3) is 2.27. The molecular weight excluding hydrogens is 194 g/mol. The Morgan fingerprint density at radius 1 is 1.62 bits per heavy atom. The van der Waals surface area contributed by atoms with Gasteiger partial charge < -0.3 is 17.2 Å². The molecule has 0 aromatic carbocycles. The van der Waals surface area contributed by atoms with Crippen LogP contribution in [0.2, 0.25) is 0 Å². The average Bonchev–Trinajstić information content (AvgIpc) is 2.28. The van der Waals surface area contributed by atoms with Crippen LogP contribution >= 0.6 is 11.6 Å². The van der Waals surface area contributed by atoms with Crippen LogP contribution in [0.4, 0.5) is 0 Å². The van der Waals surface area contributed by atoms with E-state index in [4.69, 9.17) is 28.8 Å². The Bertz CT molecular complexity index is 328. The van der Waals surface area contributed by atoms with E-state index in [-0.39, 0.29) is 16.8 Å². The van der Waals surface area contributed by atoms with Crippen molar-refractivity contribution in [2.45, 2.75) is 6.04 Å². The van der Waals surface area contributed by atoms with Gasteiger partial charge in [0.05, 0.1) is 6.04 Å². The molecule has 0 aromatic rings. The van der Waals surface area contributed by atoms with Crippen molar-refractivity contribution in [3.63, 3.8) is 0 Å². The Labute approximate surface area is 79.1 Å². The number of nitrogens with zero attached hydrogens (tertiary/aromatic N) is 2. The molecule has 1 unspecified atom stereocenters. The Balaban J connectivity index is 2.82. The first-order chi connectivity index (χ1) is 6.00. The lowest BCUT2D eigenvalue weighted by molar-refractivity contribution is -0.111. The highest BCUT2D eigenvalue weighted by molar-refractivity contribution is 6.46. The van der Waals surface area contributed by atoms with Crippen molar-refractivity contribution in [1.29, 1.82) is 0 Å². The lowest BCUT2D eigenvalue weighted by atomic mass is 10.2. The van der Waals surface area contributed by atoms with Gasteiger partial charge in [0.15, 0.2) is 5.96 Å². The highest BCUT2D eigenvalue weighted by Crippen LogP contribution is 2.13. The predicted octanol–water partition coefficient (Wildman–Crippen LogP) is -1.35. The summed E-state index contributed by atoms with van der Waals surface area (Å²) in [6.07, 6.45) is 1.43. The molecule has 1 heterocycles. The van der Waals surface area contributed by atoms with Crippen molar-refractivity contribution in [2.24, 2.45) is 27.2 Å². The SMILES string of the molecule is NC(N)=NC(=O)C1=NC(Cl)=CC1N. The summed E-state index contributed by atoms with van der Waals surface area (Å²) in [7, 11) is 0. The number of halogens is 1. The summed E-state index contributed by atoms with van der Waals surface area (Å²) in [5.41, 5.74) is 15.5. The zero-order valence-electron chi connectivity index (χ0n) is 6.57. The van der Waals surface area contributed by atoms with Crippen molar-refractivity contribution in [3.8, 4) is 0 Å². The fraction of sp³-hybridized carbons (Fsp3) is 0.167. The third-order valence-electron chi connectivity index (χ3n) is 1.31. The first-order valence-corrected chi connectivity index (χ1v) is 3.74. The first-order valence-electron chi connectivity index (χ1n) is 3.36. The molecule has 0 bridgehead atoms. The van der Waals surface area contributed by atoms with Crippen LogP contribution in [0.1, 0.15) is 0 Å². The molecule has 1 amide bonds. The van der Waals surface area contributed by atoms with Gasteiger partial charge in [-0.25, -0.2) is 4.99 Å². The second-order valence-electron chi connectivity index (χ2n) is 2.35. The van der Waals surface area contributed by atoms with Gasteiger partial charge in [0, 0.05) is 0 Å². The molecule has 0 aromatic heterocycles. The number of guanidine groups is 1. The van der Waals surface area contributed by atoms with Crippen LogP contribution in [-0.4, -0.2) is 23.6 Å². The van der Waals surface area contributed by atoms with E-state index >= 15 is 0 Å². The molecule has 6 N–H and O–H groups in total. The number of rotatable bonds is 1. The van der Waals surface area contributed by atoms with Crippen molar-refractivity contribution < 1.29 is 4.79 Å². The minimum Gasteiger partial charge on any atom is -0.370 e. The molecule has 0 fully saturated rings. The molecule has 1 aliphatic heterocycles. The summed E-state index contributed by atoms with van der Waals surface area (Å²) in [5, 5.41) is 0.168. The van der Waals surface area contributed by atoms with E-state index in [9.17, 15) is 4.79 Å². The Kier molecular flexibility index (Phi) is 2.64. The second-order valence-corrected chi connectivity index (χ2v) is 2.74. The van der Waals surface area contributed by atoms with Gasteiger partial charge in [-0.1, -0.05) is 11.6 Å². The molecule has 13 heavy (non-hydrogen) atoms. The summed E-state index contributed by atoms with van der Waals surface area (Å²) in [6, 6.07) is -0.636. The second kappa shape index (κ2) is 3.55. The van der Waals surface area contributed by atoms with Gasteiger partial charge in [-0.15, -0.1) is 0 Å². The number of nitrogens with two attached hydrogens (primary N) is 3. The molecule has 0 saturated carbocycles. The van der Waals surface area contributed by atoms with Gasteiger partial charge in [0.2, 0.25) is 0 Å². The summed E-state index contributed by atoms with van der Waals surface area (Å²) in [5.74, 6) is -0.998. The number of amides is 1. The topological polar surface area (TPSA) is 120 Å². The molecule has 0 radical (unpaired) electrons. The molecule has 7 heteroatoms. The molecular formula is C6H8ClN5O. The van der Waals surface area contributed by atoms with Crippen LogP contribution in [0.5, 0.6) is 0 Å². The van der Waals surface area contributed by atoms with Crippen LogP contribution in [0, 0.1) is 0 Å². The van der Waals surface area contributed by atoms with Gasteiger partial charge in [-0.2, -0.15) is 4.99 Å². The van der Waals surface area contributed by atoms with Gasteiger partial charge in [-0.05, 0) is 6.08 Å². The minimum atomic E-state index is -0.667. The smallest absolute Gasteiger partial charge is 0.296 e. The number of hydrogen-bond acceptors (Lipinski definition) is 3. The minimum absolute atomic E-state index is 0.0402. The third-order valence-corrected chi connectivity index (χ3v) is 1.52. The van der Waals surface area contributed by atoms with Gasteiger partial charge in [0.25, 0.3) is 5.91 Å². The number of hydrogen-bond donors (Lipinski definition) is 3. The lowest BCUT2D eigenvalue weighted by Crippen LogP contribution is -2.34. The van der Waals surface area contributed by atoms with Crippen molar-refractivity contribution >= 4 is 29.2 Å². The fourth-order valence-electron chi connectivity index (χ4n) is 0.819. The Morgan fingerprint density at radius 3 is 2.62 bits per heavy atom. The average molecular weight is 202 g/mol. The van der Waals surface area contributed by atoms with Crippen molar-refractivity contribution in [2.75, 3.05) is 0 Å². The van der Waals surface area contributed by atoms with E-state index in [1.807, 2.05) is 0 Å². The van der Waals surface area contributed by atoms with Gasteiger partial charge in [0.1, 0.15) is 10.9 Å². The van der Waals surface area contributed by atoms with Crippen LogP contribution in [0.3, 0.4) is 0 Å². The normalized spacial score (nSPS) is 20.6. The molecule has 0 spiro atoms. The predicted molar refractivity (Wildman–Crippen MR) is 50.2 cm³/mol. The summed E-state index contributed by atoms with van der Waals surface area (Å²) in [6.45, 7) is 0. The molecule has 6 nitrogen and oxygen atoms in total. The maximum absolute atomic E-state index is 11.2. The standard InChI is InChI=1S/C6H8ClN5O/c7-3-1-2(8)4(11-3)5(13)12-6(9)10/h1-2H,8H2,(H4,9,10,12,13). The van der Waals surface area contributed by atoms with E-state index in [0.717, 1.165) is 0 Å². The lowest BCUT2D eigenvalue weighted by Gasteiger charge is -2.00. The highest BCUT2D eigenvalue weighted by Gasteiger charge is 2.22. The summed E-state index contributed by atoms with van der Waals surface area (Å²) >= 11 is 5.51. The molecule has 1 rings (SSSR count). The zero-order chi connectivity index (χ0) is 10.0. The van der Waals surface area contributed by atoms with Crippen LogP contribution in [0.15, 0.2) is 21.2 Å². The number of aliphatic imine (C=N–C) groups is 2. The summed E-state index contributed by atoms with van der Waals surface area (Å²) < 4.78 is 0. The Morgan fingerprint density at radius 2 is 2.23 bits per heavy atom. The fourth-order valence-corrected chi connectivity index (χ4v) is 1.05. The van der Waals surface area contributed by atoms with Gasteiger partial charge >= 0.3 is 0 Å². The quantitative estimate of drug-likeness (QED) is 0.276. The maximum atomic E-state index is 11.2. The van der Waals surface area contributed by atoms with E-state index < -0.39 is 11.9 Å². The monoisotopic (exact) mass is 201 g/mol. The van der Waals surface area contributed by atoms with E-state index in [1.165, 1.54) is 6.08 Å². The van der Waals surface area contributed by atoms with Crippen LogP contribution < -0.4 is 17.2 Å². The molecule has 1 atom stereocenters. The number of carbonyl (C=O) groups is 1. The van der Waals surface area contributed by atoms with Crippen LogP contribution in [0.25, 0.3) is 0 Å². The van der Waals surface area contributed by atoms with E-state index in [2.05, 4.69) is 9.98 Å². The number of carbonyl (C=O) groups excluding carboxylic acids is 1. The van der Waals surface area contributed by atoms with E-state index in [0.29, 0.717) is 0 Å². The highest BCUT2D eigenvalue weighted by atomic mass is 35.5. The Hall–Kier alpha value is -1.40. The van der Waals surface area contributed by atoms with Crippen LogP contribution in [-0.2, 0) is 4.79 Å². The molecule has 70 valence electrons. The molecule has 1 aliphatic rings.